The molecule has 32 heavy (non-hydrogen) atoms. The third-order valence-corrected chi connectivity index (χ3v) is 5.79. The fourth-order valence-electron chi connectivity index (χ4n) is 4.20. The monoisotopic (exact) mass is 418 g/mol. The minimum atomic E-state index is -0.692. The van der Waals surface area contributed by atoms with Gasteiger partial charge < -0.3 is 9.47 Å². The second-order valence-electron chi connectivity index (χ2n) is 7.75. The van der Waals surface area contributed by atoms with Crippen molar-refractivity contribution in [3.05, 3.63) is 132 Å². The minimum absolute atomic E-state index is 0.218. The van der Waals surface area contributed by atoms with Gasteiger partial charge in [-0.25, -0.2) is 4.79 Å². The Labute approximate surface area is 187 Å². The normalized spacial score (nSPS) is 13.8. The van der Waals surface area contributed by atoms with Gasteiger partial charge in [-0.2, -0.15) is 0 Å². The second-order valence-corrected chi connectivity index (χ2v) is 7.75. The highest BCUT2D eigenvalue weighted by Crippen LogP contribution is 2.44. The number of hydrogen-bond acceptors (Lipinski definition) is 3. The SMILES string of the molecule is C=CC(=O)OCc1ccc2c3c(ccc2c1)OC(c1ccccc1)(c1ccccc1)C=C3. The van der Waals surface area contributed by atoms with E-state index in [-0.39, 0.29) is 6.61 Å². The van der Waals surface area contributed by atoms with Crippen molar-refractivity contribution in [1.29, 1.82) is 0 Å². The standard InChI is InChI=1S/C29H22O3/c1-2-28(30)31-20-21-13-15-25-22(19-21)14-16-27-26(25)17-18-29(32-27,23-9-5-3-6-10-23)24-11-7-4-8-12-24/h2-19H,1,20H2. The van der Waals surface area contributed by atoms with Crippen molar-refractivity contribution in [2.24, 2.45) is 0 Å². The zero-order valence-electron chi connectivity index (χ0n) is 17.5. The molecule has 3 nitrogen and oxygen atoms in total. The zero-order valence-corrected chi connectivity index (χ0v) is 17.5. The number of benzene rings is 4. The van der Waals surface area contributed by atoms with Crippen molar-refractivity contribution >= 4 is 22.8 Å². The Morgan fingerprint density at radius 2 is 1.59 bits per heavy atom. The number of esters is 1. The lowest BCUT2D eigenvalue weighted by molar-refractivity contribution is -0.138. The van der Waals surface area contributed by atoms with Crippen LogP contribution >= 0.6 is 0 Å². The molecule has 156 valence electrons. The van der Waals surface area contributed by atoms with E-state index >= 15 is 0 Å². The molecule has 3 heteroatoms. The molecule has 0 radical (unpaired) electrons. The van der Waals surface area contributed by atoms with Gasteiger partial charge >= 0.3 is 5.97 Å². The summed E-state index contributed by atoms with van der Waals surface area (Å²) < 4.78 is 11.9. The highest BCUT2D eigenvalue weighted by molar-refractivity contribution is 5.94. The molecule has 4 aromatic carbocycles. The molecular weight excluding hydrogens is 396 g/mol. The van der Waals surface area contributed by atoms with Crippen molar-refractivity contribution in [1.82, 2.24) is 0 Å². The zero-order chi connectivity index (χ0) is 22.0. The van der Waals surface area contributed by atoms with Gasteiger partial charge in [0.1, 0.15) is 12.4 Å². The van der Waals surface area contributed by atoms with Crippen molar-refractivity contribution < 1.29 is 14.3 Å². The summed E-state index contributed by atoms with van der Waals surface area (Å²) in [4.78, 5) is 11.4. The molecule has 0 N–H and O–H groups in total. The second kappa shape index (κ2) is 8.20. The van der Waals surface area contributed by atoms with Crippen molar-refractivity contribution in [3.63, 3.8) is 0 Å². The quantitative estimate of drug-likeness (QED) is 0.277. The van der Waals surface area contributed by atoms with E-state index in [0.717, 1.165) is 38.8 Å². The third kappa shape index (κ3) is 3.48. The number of rotatable bonds is 5. The molecule has 0 spiro atoms. The van der Waals surface area contributed by atoms with Crippen molar-refractivity contribution in [3.8, 4) is 5.75 Å². The Balaban J connectivity index is 1.57. The lowest BCUT2D eigenvalue weighted by Gasteiger charge is -2.36. The van der Waals surface area contributed by atoms with Crippen molar-refractivity contribution in [2.45, 2.75) is 12.2 Å². The van der Waals surface area contributed by atoms with Crippen LogP contribution in [0.25, 0.3) is 16.8 Å². The van der Waals surface area contributed by atoms with Crippen LogP contribution in [0.2, 0.25) is 0 Å². The van der Waals surface area contributed by atoms with Gasteiger partial charge in [0, 0.05) is 22.8 Å². The summed E-state index contributed by atoms with van der Waals surface area (Å²) in [6, 6.07) is 30.7. The van der Waals surface area contributed by atoms with E-state index in [0.29, 0.717) is 0 Å². The van der Waals surface area contributed by atoms with E-state index in [1.54, 1.807) is 0 Å². The summed E-state index contributed by atoms with van der Waals surface area (Å²) in [6.45, 7) is 3.65. The van der Waals surface area contributed by atoms with Crippen LogP contribution in [-0.2, 0) is 21.7 Å². The maximum absolute atomic E-state index is 11.4. The number of fused-ring (bicyclic) bond motifs is 3. The van der Waals surface area contributed by atoms with E-state index in [9.17, 15) is 4.79 Å². The molecule has 5 rings (SSSR count). The van der Waals surface area contributed by atoms with Crippen LogP contribution in [0, 0.1) is 0 Å². The highest BCUT2D eigenvalue weighted by Gasteiger charge is 2.37. The molecule has 0 aliphatic carbocycles. The Morgan fingerprint density at radius 1 is 0.906 bits per heavy atom. The molecule has 0 saturated heterocycles. The van der Waals surface area contributed by atoms with Gasteiger partial charge in [-0.15, -0.1) is 0 Å². The van der Waals surface area contributed by atoms with Gasteiger partial charge in [0.15, 0.2) is 5.60 Å². The molecule has 1 heterocycles. The maximum Gasteiger partial charge on any atom is 0.330 e. The highest BCUT2D eigenvalue weighted by atomic mass is 16.5. The average molecular weight is 418 g/mol. The van der Waals surface area contributed by atoms with Crippen LogP contribution in [0.5, 0.6) is 5.75 Å². The van der Waals surface area contributed by atoms with Gasteiger partial charge in [-0.3, -0.25) is 0 Å². The first-order valence-electron chi connectivity index (χ1n) is 10.5. The van der Waals surface area contributed by atoms with Gasteiger partial charge in [-0.1, -0.05) is 85.4 Å². The number of ether oxygens (including phenoxy) is 2. The van der Waals surface area contributed by atoms with Gasteiger partial charge in [0.25, 0.3) is 0 Å². The first-order chi connectivity index (χ1) is 15.7. The molecule has 0 atom stereocenters. The summed E-state index contributed by atoms with van der Waals surface area (Å²) >= 11 is 0. The lowest BCUT2D eigenvalue weighted by atomic mass is 9.83. The number of carbonyl (C=O) groups is 1. The minimum Gasteiger partial charge on any atom is -0.473 e. The third-order valence-electron chi connectivity index (χ3n) is 5.79. The predicted molar refractivity (Wildman–Crippen MR) is 127 cm³/mol. The molecule has 0 aromatic heterocycles. The van der Waals surface area contributed by atoms with Crippen LogP contribution in [-0.4, -0.2) is 5.97 Å². The van der Waals surface area contributed by atoms with Crippen LogP contribution < -0.4 is 4.74 Å². The average Bonchev–Trinajstić information content (AvgIpc) is 2.87. The van der Waals surface area contributed by atoms with Crippen LogP contribution in [0.3, 0.4) is 0 Å². The van der Waals surface area contributed by atoms with E-state index in [4.69, 9.17) is 9.47 Å². The lowest BCUT2D eigenvalue weighted by Crippen LogP contribution is -2.34. The largest absolute Gasteiger partial charge is 0.473 e. The predicted octanol–water partition coefficient (Wildman–Crippen LogP) is 6.42. The van der Waals surface area contributed by atoms with Crippen LogP contribution in [0.15, 0.2) is 110 Å². The summed E-state index contributed by atoms with van der Waals surface area (Å²) in [7, 11) is 0. The number of hydrogen-bond donors (Lipinski definition) is 0. The maximum atomic E-state index is 11.4. The summed E-state index contributed by atoms with van der Waals surface area (Å²) in [5.41, 5.74) is 3.43. The fourth-order valence-corrected chi connectivity index (χ4v) is 4.20. The Morgan fingerprint density at radius 3 is 2.25 bits per heavy atom. The molecule has 0 unspecified atom stereocenters. The summed E-state index contributed by atoms with van der Waals surface area (Å²) in [5, 5.41) is 2.16. The molecule has 0 amide bonds. The summed E-state index contributed by atoms with van der Waals surface area (Å²) in [6.07, 6.45) is 5.46. The smallest absolute Gasteiger partial charge is 0.330 e. The van der Waals surface area contributed by atoms with Crippen LogP contribution in [0.4, 0.5) is 0 Å². The van der Waals surface area contributed by atoms with Gasteiger partial charge in [0.2, 0.25) is 0 Å². The molecule has 1 aliphatic heterocycles. The van der Waals surface area contributed by atoms with E-state index < -0.39 is 11.6 Å². The van der Waals surface area contributed by atoms with E-state index in [1.807, 2.05) is 60.7 Å². The van der Waals surface area contributed by atoms with E-state index in [1.165, 1.54) is 6.08 Å². The Kier molecular flexibility index (Phi) is 5.08. The van der Waals surface area contributed by atoms with Gasteiger partial charge in [0.05, 0.1) is 0 Å². The van der Waals surface area contributed by atoms with Crippen LogP contribution in [0.1, 0.15) is 22.3 Å². The Hall–Kier alpha value is -4.11. The van der Waals surface area contributed by atoms with E-state index in [2.05, 4.69) is 49.1 Å². The molecule has 4 aromatic rings. The first kappa shape index (κ1) is 19.8. The molecule has 0 bridgehead atoms. The molecule has 1 aliphatic rings. The molecular formula is C29H22O3. The number of carbonyl (C=O) groups excluding carboxylic acids is 1. The Bertz CT molecular complexity index is 1280. The van der Waals surface area contributed by atoms with Crippen molar-refractivity contribution in [2.75, 3.05) is 0 Å². The fraction of sp³-hybridized carbons (Fsp3) is 0.0690. The first-order valence-corrected chi connectivity index (χ1v) is 10.5. The summed E-state index contributed by atoms with van der Waals surface area (Å²) in [5.74, 6) is 0.406. The molecule has 0 fully saturated rings. The topological polar surface area (TPSA) is 35.5 Å². The van der Waals surface area contributed by atoms with Gasteiger partial charge in [-0.05, 0) is 40.6 Å². The molecule has 0 saturated carbocycles.